The average Bonchev–Trinajstić information content (AvgIpc) is 3.25. The molecule has 1 aromatic rings. The predicted molar refractivity (Wildman–Crippen MR) is 84.7 cm³/mol. The Morgan fingerprint density at radius 3 is 2.76 bits per heavy atom. The Hall–Kier alpha value is -1.27. The van der Waals surface area contributed by atoms with Crippen LogP contribution in [0.25, 0.3) is 0 Å². The molecule has 0 aliphatic heterocycles. The maximum atomic E-state index is 12.0. The maximum Gasteiger partial charge on any atom is 0.260 e. The van der Waals surface area contributed by atoms with Crippen LogP contribution in [-0.2, 0) is 11.3 Å². The van der Waals surface area contributed by atoms with Gasteiger partial charge < -0.3 is 20.1 Å². The fourth-order valence-electron chi connectivity index (χ4n) is 1.97. The number of hydrogen-bond donors (Lipinski definition) is 2. The van der Waals surface area contributed by atoms with Crippen LogP contribution in [0.2, 0.25) is 0 Å². The lowest BCUT2D eigenvalue weighted by Gasteiger charge is -2.18. The molecule has 2 N–H and O–H groups in total. The molecule has 6 heteroatoms. The van der Waals surface area contributed by atoms with E-state index in [1.807, 2.05) is 19.2 Å². The Labute approximate surface area is 133 Å². The molecule has 1 saturated carbocycles. The van der Waals surface area contributed by atoms with Gasteiger partial charge in [0.2, 0.25) is 0 Å². The molecular formula is C15H21BrN2O3. The lowest BCUT2D eigenvalue weighted by Crippen LogP contribution is -2.37. The van der Waals surface area contributed by atoms with Crippen molar-refractivity contribution in [2.45, 2.75) is 38.5 Å². The molecule has 0 saturated heterocycles. The van der Waals surface area contributed by atoms with E-state index in [0.29, 0.717) is 17.5 Å². The Kier molecular flexibility index (Phi) is 5.47. The standard InChI is InChI=1S/C15H21BrN2O3/c1-9(15(19)18-11-4-5-11)21-14-12(16)6-10(8-17-2)7-13(14)20-3/h6-7,9,11,17H,4-5,8H2,1-3H3,(H,18,19). The minimum Gasteiger partial charge on any atom is -0.493 e. The first-order chi connectivity index (χ1) is 10.0. The zero-order valence-electron chi connectivity index (χ0n) is 12.5. The number of amides is 1. The molecule has 0 spiro atoms. The van der Waals surface area contributed by atoms with Crippen molar-refractivity contribution in [1.29, 1.82) is 0 Å². The Balaban J connectivity index is 2.11. The van der Waals surface area contributed by atoms with E-state index in [2.05, 4.69) is 26.6 Å². The van der Waals surface area contributed by atoms with Crippen molar-refractivity contribution in [1.82, 2.24) is 10.6 Å². The van der Waals surface area contributed by atoms with Gasteiger partial charge in [-0.1, -0.05) is 0 Å². The summed E-state index contributed by atoms with van der Waals surface area (Å²) in [6.45, 7) is 2.47. The number of methoxy groups -OCH3 is 1. The molecule has 21 heavy (non-hydrogen) atoms. The van der Waals surface area contributed by atoms with Crippen LogP contribution in [0.15, 0.2) is 16.6 Å². The highest BCUT2D eigenvalue weighted by atomic mass is 79.9. The SMILES string of the molecule is CNCc1cc(Br)c(OC(C)C(=O)NC2CC2)c(OC)c1. The van der Waals surface area contributed by atoms with Gasteiger partial charge in [-0.25, -0.2) is 0 Å². The molecule has 1 unspecified atom stereocenters. The minimum absolute atomic E-state index is 0.0919. The highest BCUT2D eigenvalue weighted by Crippen LogP contribution is 2.37. The van der Waals surface area contributed by atoms with Crippen molar-refractivity contribution in [2.24, 2.45) is 0 Å². The summed E-state index contributed by atoms with van der Waals surface area (Å²) in [6, 6.07) is 4.19. The largest absolute Gasteiger partial charge is 0.493 e. The van der Waals surface area contributed by atoms with Gasteiger partial charge in [-0.05, 0) is 60.4 Å². The Morgan fingerprint density at radius 1 is 1.48 bits per heavy atom. The van der Waals surface area contributed by atoms with E-state index in [-0.39, 0.29) is 5.91 Å². The van der Waals surface area contributed by atoms with E-state index in [0.717, 1.165) is 29.4 Å². The predicted octanol–water partition coefficient (Wildman–Crippen LogP) is 2.22. The summed E-state index contributed by atoms with van der Waals surface area (Å²) in [5.74, 6) is 1.07. The summed E-state index contributed by atoms with van der Waals surface area (Å²) in [5, 5.41) is 6.02. The normalized spacial score (nSPS) is 15.4. The molecule has 1 aliphatic rings. The number of carbonyl (C=O) groups is 1. The fraction of sp³-hybridized carbons (Fsp3) is 0.533. The number of nitrogens with one attached hydrogen (secondary N) is 2. The van der Waals surface area contributed by atoms with Gasteiger partial charge in [0.1, 0.15) is 0 Å². The van der Waals surface area contributed by atoms with E-state index in [1.165, 1.54) is 0 Å². The van der Waals surface area contributed by atoms with Crippen LogP contribution in [0, 0.1) is 0 Å². The molecule has 1 aliphatic carbocycles. The van der Waals surface area contributed by atoms with E-state index in [4.69, 9.17) is 9.47 Å². The van der Waals surface area contributed by atoms with Crippen LogP contribution in [-0.4, -0.2) is 32.2 Å². The van der Waals surface area contributed by atoms with Gasteiger partial charge in [-0.3, -0.25) is 4.79 Å². The van der Waals surface area contributed by atoms with Gasteiger partial charge in [0.05, 0.1) is 11.6 Å². The van der Waals surface area contributed by atoms with Crippen molar-refractivity contribution in [3.05, 3.63) is 22.2 Å². The molecule has 2 rings (SSSR count). The van der Waals surface area contributed by atoms with E-state index < -0.39 is 6.10 Å². The van der Waals surface area contributed by atoms with Gasteiger partial charge in [-0.15, -0.1) is 0 Å². The summed E-state index contributed by atoms with van der Waals surface area (Å²) >= 11 is 3.49. The molecule has 1 fully saturated rings. The number of ether oxygens (including phenoxy) is 2. The highest BCUT2D eigenvalue weighted by molar-refractivity contribution is 9.10. The first-order valence-corrected chi connectivity index (χ1v) is 7.82. The number of benzene rings is 1. The zero-order valence-corrected chi connectivity index (χ0v) is 14.1. The van der Waals surface area contributed by atoms with Crippen LogP contribution < -0.4 is 20.1 Å². The molecule has 0 radical (unpaired) electrons. The first kappa shape index (κ1) is 16.1. The summed E-state index contributed by atoms with van der Waals surface area (Å²) < 4.78 is 11.9. The van der Waals surface area contributed by atoms with Gasteiger partial charge in [0.25, 0.3) is 5.91 Å². The van der Waals surface area contributed by atoms with Crippen LogP contribution in [0.5, 0.6) is 11.5 Å². The van der Waals surface area contributed by atoms with Crippen LogP contribution in [0.4, 0.5) is 0 Å². The van der Waals surface area contributed by atoms with Crippen molar-refractivity contribution in [3.63, 3.8) is 0 Å². The third kappa shape index (κ3) is 4.35. The van der Waals surface area contributed by atoms with Gasteiger partial charge in [-0.2, -0.15) is 0 Å². The molecular weight excluding hydrogens is 336 g/mol. The Bertz CT molecular complexity index is 518. The van der Waals surface area contributed by atoms with Crippen molar-refractivity contribution in [2.75, 3.05) is 14.2 Å². The summed E-state index contributed by atoms with van der Waals surface area (Å²) in [5.41, 5.74) is 1.07. The fourth-order valence-corrected chi connectivity index (χ4v) is 2.55. The number of rotatable bonds is 7. The summed E-state index contributed by atoms with van der Waals surface area (Å²) in [6.07, 6.45) is 1.56. The third-order valence-electron chi connectivity index (χ3n) is 3.26. The topological polar surface area (TPSA) is 59.6 Å². The van der Waals surface area contributed by atoms with Crippen LogP contribution in [0.3, 0.4) is 0 Å². The molecule has 1 amide bonds. The van der Waals surface area contributed by atoms with E-state index >= 15 is 0 Å². The second-order valence-electron chi connectivity index (χ2n) is 5.18. The number of halogens is 1. The van der Waals surface area contributed by atoms with Crippen molar-refractivity contribution in [3.8, 4) is 11.5 Å². The minimum atomic E-state index is -0.564. The average molecular weight is 357 g/mol. The molecule has 116 valence electrons. The highest BCUT2D eigenvalue weighted by Gasteiger charge is 2.27. The first-order valence-electron chi connectivity index (χ1n) is 7.03. The smallest absolute Gasteiger partial charge is 0.260 e. The lowest BCUT2D eigenvalue weighted by molar-refractivity contribution is -0.127. The second-order valence-corrected chi connectivity index (χ2v) is 6.04. The van der Waals surface area contributed by atoms with Crippen LogP contribution in [0.1, 0.15) is 25.3 Å². The van der Waals surface area contributed by atoms with E-state index in [1.54, 1.807) is 14.0 Å². The lowest BCUT2D eigenvalue weighted by atomic mass is 10.2. The molecule has 0 heterocycles. The molecule has 1 aromatic carbocycles. The zero-order chi connectivity index (χ0) is 15.4. The molecule has 0 aromatic heterocycles. The number of carbonyl (C=O) groups excluding carboxylic acids is 1. The van der Waals surface area contributed by atoms with E-state index in [9.17, 15) is 4.79 Å². The van der Waals surface area contributed by atoms with Crippen molar-refractivity contribution >= 4 is 21.8 Å². The number of hydrogen-bond acceptors (Lipinski definition) is 4. The molecule has 5 nitrogen and oxygen atoms in total. The van der Waals surface area contributed by atoms with Gasteiger partial charge in [0, 0.05) is 12.6 Å². The van der Waals surface area contributed by atoms with Crippen LogP contribution >= 0.6 is 15.9 Å². The van der Waals surface area contributed by atoms with Gasteiger partial charge in [0.15, 0.2) is 17.6 Å². The third-order valence-corrected chi connectivity index (χ3v) is 3.85. The summed E-state index contributed by atoms with van der Waals surface area (Å²) in [4.78, 5) is 12.0. The van der Waals surface area contributed by atoms with Crippen molar-refractivity contribution < 1.29 is 14.3 Å². The summed E-state index contributed by atoms with van der Waals surface area (Å²) in [7, 11) is 3.47. The maximum absolute atomic E-state index is 12.0. The van der Waals surface area contributed by atoms with Gasteiger partial charge >= 0.3 is 0 Å². The molecule has 0 bridgehead atoms. The second kappa shape index (κ2) is 7.13. The Morgan fingerprint density at radius 2 is 2.19 bits per heavy atom. The quantitative estimate of drug-likeness (QED) is 0.786. The molecule has 1 atom stereocenters. The monoisotopic (exact) mass is 356 g/mol.